The molecule has 5 rings (SSSR count). The van der Waals surface area contributed by atoms with E-state index < -0.39 is 28.5 Å². The highest BCUT2D eigenvalue weighted by atomic mass is 79.9. The van der Waals surface area contributed by atoms with E-state index in [1.54, 1.807) is 30.3 Å². The molecule has 0 aliphatic heterocycles. The predicted molar refractivity (Wildman–Crippen MR) is 186 cm³/mol. The highest BCUT2D eigenvalue weighted by molar-refractivity contribution is 9.10. The molecule has 0 radical (unpaired) electrons. The lowest BCUT2D eigenvalue weighted by Gasteiger charge is -2.34. The quantitative estimate of drug-likeness (QED) is 0.166. The Morgan fingerprint density at radius 2 is 1.57 bits per heavy atom. The molecule has 1 fully saturated rings. The summed E-state index contributed by atoms with van der Waals surface area (Å²) in [5.74, 6) is -0.770. The van der Waals surface area contributed by atoms with E-state index >= 15 is 0 Å². The van der Waals surface area contributed by atoms with Crippen molar-refractivity contribution in [2.45, 2.75) is 62.6 Å². The fourth-order valence-electron chi connectivity index (χ4n) is 5.75. The molecular weight excluding hydrogens is 686 g/mol. The average molecular weight is 723 g/mol. The van der Waals surface area contributed by atoms with Gasteiger partial charge in [-0.15, -0.1) is 0 Å². The minimum Gasteiger partial charge on any atom is -0.352 e. The Labute approximate surface area is 284 Å². The van der Waals surface area contributed by atoms with Crippen molar-refractivity contribution in [1.82, 2.24) is 10.2 Å². The zero-order valence-corrected chi connectivity index (χ0v) is 28.8. The number of rotatable bonds is 12. The van der Waals surface area contributed by atoms with Gasteiger partial charge in [0.1, 0.15) is 12.6 Å². The summed E-state index contributed by atoms with van der Waals surface area (Å²) >= 11 is 9.84. The first kappa shape index (κ1) is 33.7. The second-order valence-electron chi connectivity index (χ2n) is 11.7. The zero-order valence-electron chi connectivity index (χ0n) is 25.6. The topological polar surface area (TPSA) is 86.8 Å². The van der Waals surface area contributed by atoms with Crippen molar-refractivity contribution in [2.24, 2.45) is 0 Å². The van der Waals surface area contributed by atoms with E-state index in [1.165, 1.54) is 23.1 Å². The largest absolute Gasteiger partial charge is 0.352 e. The van der Waals surface area contributed by atoms with Crippen molar-refractivity contribution in [2.75, 3.05) is 10.8 Å². The van der Waals surface area contributed by atoms with Crippen molar-refractivity contribution < 1.29 is 18.0 Å². The van der Waals surface area contributed by atoms with Gasteiger partial charge in [0.25, 0.3) is 10.0 Å². The van der Waals surface area contributed by atoms with Crippen LogP contribution in [0.3, 0.4) is 0 Å². The molecule has 0 saturated heterocycles. The molecule has 10 heteroatoms. The van der Waals surface area contributed by atoms with Crippen molar-refractivity contribution >= 4 is 55.1 Å². The van der Waals surface area contributed by atoms with Crippen LogP contribution >= 0.6 is 27.5 Å². The molecule has 1 aliphatic rings. The number of anilines is 1. The maximum Gasteiger partial charge on any atom is 0.264 e. The number of amides is 2. The van der Waals surface area contributed by atoms with E-state index in [4.69, 9.17) is 11.6 Å². The van der Waals surface area contributed by atoms with Crippen LogP contribution in [-0.4, -0.2) is 43.8 Å². The van der Waals surface area contributed by atoms with Gasteiger partial charge in [0.15, 0.2) is 0 Å². The van der Waals surface area contributed by atoms with Crippen LogP contribution in [0.5, 0.6) is 0 Å². The van der Waals surface area contributed by atoms with Crippen molar-refractivity contribution in [3.8, 4) is 0 Å². The Bertz CT molecular complexity index is 1760. The smallest absolute Gasteiger partial charge is 0.264 e. The Morgan fingerprint density at radius 3 is 2.24 bits per heavy atom. The summed E-state index contributed by atoms with van der Waals surface area (Å²) in [4.78, 5) is 30.3. The Morgan fingerprint density at radius 1 is 0.891 bits per heavy atom. The average Bonchev–Trinajstić information content (AvgIpc) is 3.55. The molecule has 2 amide bonds. The maximum absolute atomic E-state index is 14.6. The number of benzene rings is 4. The highest BCUT2D eigenvalue weighted by Gasteiger charge is 2.35. The molecule has 0 spiro atoms. The fourth-order valence-corrected chi connectivity index (χ4v) is 7.79. The third kappa shape index (κ3) is 8.57. The van der Waals surface area contributed by atoms with E-state index in [1.807, 2.05) is 61.5 Å². The van der Waals surface area contributed by atoms with Crippen LogP contribution in [0.25, 0.3) is 0 Å². The van der Waals surface area contributed by atoms with Gasteiger partial charge in [-0.2, -0.15) is 0 Å². The number of carbonyl (C=O) groups excluding carboxylic acids is 2. The van der Waals surface area contributed by atoms with Gasteiger partial charge in [-0.25, -0.2) is 8.42 Å². The predicted octanol–water partition coefficient (Wildman–Crippen LogP) is 7.31. The number of hydrogen-bond acceptors (Lipinski definition) is 4. The molecular formula is C36H37BrClN3O4S. The first-order valence-corrected chi connectivity index (χ1v) is 17.9. The standard InChI is InChI=1S/C36H37BrClN3O4S/c1-26-17-19-33(20-18-26)46(44,45)41(32-16-8-13-30(38)23-32)25-35(42)40(24-28-11-7-12-29(37)21-28)34(22-27-9-3-2-4-10-27)36(43)39-31-14-5-6-15-31/h2-4,7-13,16-21,23,31,34H,5-6,14-15,22,24-25H2,1H3,(H,39,43). The van der Waals surface area contributed by atoms with Crippen molar-refractivity contribution in [3.63, 3.8) is 0 Å². The van der Waals surface area contributed by atoms with Crippen LogP contribution < -0.4 is 9.62 Å². The van der Waals surface area contributed by atoms with Crippen molar-refractivity contribution in [3.05, 3.63) is 129 Å². The van der Waals surface area contributed by atoms with Crippen LogP contribution in [0, 0.1) is 6.92 Å². The summed E-state index contributed by atoms with van der Waals surface area (Å²) in [6.45, 7) is 1.44. The number of nitrogens with zero attached hydrogens (tertiary/aromatic N) is 2. The zero-order chi connectivity index (χ0) is 32.7. The molecule has 4 aromatic carbocycles. The SMILES string of the molecule is Cc1ccc(S(=O)(=O)N(CC(=O)N(Cc2cccc(Br)c2)C(Cc2ccccc2)C(=O)NC2CCCC2)c2cccc(Cl)c2)cc1. The number of sulfonamides is 1. The molecule has 1 saturated carbocycles. The van der Waals surface area contributed by atoms with Crippen molar-refractivity contribution in [1.29, 1.82) is 0 Å². The first-order chi connectivity index (χ1) is 22.1. The summed E-state index contributed by atoms with van der Waals surface area (Å²) < 4.78 is 30.2. The molecule has 240 valence electrons. The first-order valence-electron chi connectivity index (χ1n) is 15.3. The Hall–Kier alpha value is -3.66. The highest BCUT2D eigenvalue weighted by Crippen LogP contribution is 2.28. The van der Waals surface area contributed by atoms with Crippen LogP contribution in [0.4, 0.5) is 5.69 Å². The van der Waals surface area contributed by atoms with Gasteiger partial charge in [-0.05, 0) is 73.4 Å². The fraction of sp³-hybridized carbons (Fsp3) is 0.278. The third-order valence-corrected chi connectivity index (χ3v) is 10.7. The van der Waals surface area contributed by atoms with Gasteiger partial charge < -0.3 is 10.2 Å². The lowest BCUT2D eigenvalue weighted by molar-refractivity contribution is -0.140. The molecule has 0 bridgehead atoms. The lowest BCUT2D eigenvalue weighted by atomic mass is 10.0. The maximum atomic E-state index is 14.6. The minimum absolute atomic E-state index is 0.0402. The van der Waals surface area contributed by atoms with Gasteiger partial charge in [0, 0.05) is 28.5 Å². The number of hydrogen-bond donors (Lipinski definition) is 1. The van der Waals surface area contributed by atoms with Gasteiger partial charge in [-0.1, -0.05) is 107 Å². The van der Waals surface area contributed by atoms with Crippen LogP contribution in [0.2, 0.25) is 5.02 Å². The molecule has 0 aromatic heterocycles. The molecule has 1 unspecified atom stereocenters. The Kier molecular flexibility index (Phi) is 11.2. The number of nitrogens with one attached hydrogen (secondary N) is 1. The second kappa shape index (κ2) is 15.3. The number of carbonyl (C=O) groups is 2. The van der Waals surface area contributed by atoms with Gasteiger partial charge in [0.05, 0.1) is 10.6 Å². The molecule has 1 atom stereocenters. The summed E-state index contributed by atoms with van der Waals surface area (Å²) in [7, 11) is -4.20. The van der Waals surface area contributed by atoms with Gasteiger partial charge in [-0.3, -0.25) is 13.9 Å². The molecule has 4 aromatic rings. The van der Waals surface area contributed by atoms with E-state index in [0.29, 0.717) is 5.02 Å². The second-order valence-corrected chi connectivity index (χ2v) is 14.9. The number of aryl methyl sites for hydroxylation is 1. The monoisotopic (exact) mass is 721 g/mol. The van der Waals surface area contributed by atoms with Gasteiger partial charge >= 0.3 is 0 Å². The third-order valence-electron chi connectivity index (χ3n) is 8.20. The summed E-state index contributed by atoms with van der Waals surface area (Å²) in [6, 6.07) is 29.2. The molecule has 1 aliphatic carbocycles. The summed E-state index contributed by atoms with van der Waals surface area (Å²) in [5, 5.41) is 3.53. The summed E-state index contributed by atoms with van der Waals surface area (Å²) in [5.41, 5.74) is 2.84. The summed E-state index contributed by atoms with van der Waals surface area (Å²) in [6.07, 6.45) is 4.13. The van der Waals surface area contributed by atoms with E-state index in [-0.39, 0.29) is 35.5 Å². The van der Waals surface area contributed by atoms with E-state index in [2.05, 4.69) is 21.2 Å². The van der Waals surface area contributed by atoms with E-state index in [0.717, 1.165) is 51.2 Å². The van der Waals surface area contributed by atoms with E-state index in [9.17, 15) is 18.0 Å². The Balaban J connectivity index is 1.57. The normalized spacial score (nSPS) is 14.1. The molecule has 46 heavy (non-hydrogen) atoms. The minimum atomic E-state index is -4.20. The lowest BCUT2D eigenvalue weighted by Crippen LogP contribution is -2.54. The molecule has 7 nitrogen and oxygen atoms in total. The molecule has 1 N–H and O–H groups in total. The van der Waals surface area contributed by atoms with Crippen LogP contribution in [0.15, 0.2) is 112 Å². The number of halogens is 2. The van der Waals surface area contributed by atoms with Gasteiger partial charge in [0.2, 0.25) is 11.8 Å². The van der Waals surface area contributed by atoms with Crippen LogP contribution in [0.1, 0.15) is 42.4 Å². The van der Waals surface area contributed by atoms with Crippen LogP contribution in [-0.2, 0) is 32.6 Å². The molecule has 0 heterocycles.